The molecule has 0 saturated carbocycles. The van der Waals surface area contributed by atoms with Crippen molar-refractivity contribution >= 4 is 22.9 Å². The van der Waals surface area contributed by atoms with Crippen LogP contribution in [0, 0.1) is 0 Å². The van der Waals surface area contributed by atoms with Gasteiger partial charge in [0.1, 0.15) is 0 Å². The van der Waals surface area contributed by atoms with Crippen LogP contribution in [0.2, 0.25) is 5.02 Å². The minimum atomic E-state index is 0.299. The van der Waals surface area contributed by atoms with E-state index in [2.05, 4.69) is 34.7 Å². The molecule has 2 heterocycles. The number of rotatable bonds is 6. The molecule has 2 aromatic rings. The quantitative estimate of drug-likeness (QED) is 0.862. The highest BCUT2D eigenvalue weighted by Crippen LogP contribution is 2.26. The molecule has 1 atom stereocenters. The molecule has 1 unspecified atom stereocenters. The summed E-state index contributed by atoms with van der Waals surface area (Å²) in [6.07, 6.45) is 5.65. The fourth-order valence-corrected chi connectivity index (χ4v) is 3.00. The summed E-state index contributed by atoms with van der Waals surface area (Å²) in [7, 11) is 0. The Morgan fingerprint density at radius 3 is 3.00 bits per heavy atom. The van der Waals surface area contributed by atoms with Gasteiger partial charge in [-0.2, -0.15) is 0 Å². The molecule has 2 aromatic heterocycles. The summed E-state index contributed by atoms with van der Waals surface area (Å²) in [5.74, 6) is 0. The number of nitrogens with zero attached hydrogens (tertiary/aromatic N) is 1. The summed E-state index contributed by atoms with van der Waals surface area (Å²) in [4.78, 5) is 5.46. The summed E-state index contributed by atoms with van der Waals surface area (Å²) in [6, 6.07) is 6.58. The fraction of sp³-hybridized carbons (Fsp3) is 0.357. The van der Waals surface area contributed by atoms with Crippen molar-refractivity contribution in [1.29, 1.82) is 0 Å². The van der Waals surface area contributed by atoms with Crippen molar-refractivity contribution in [2.75, 3.05) is 6.54 Å². The molecule has 0 aromatic carbocycles. The Labute approximate surface area is 117 Å². The van der Waals surface area contributed by atoms with Crippen molar-refractivity contribution in [3.8, 4) is 0 Å². The largest absolute Gasteiger partial charge is 0.310 e. The second-order valence-corrected chi connectivity index (χ2v) is 5.56. The smallest absolute Gasteiger partial charge is 0.0637 e. The van der Waals surface area contributed by atoms with Crippen LogP contribution in [0.15, 0.2) is 36.0 Å². The van der Waals surface area contributed by atoms with Crippen LogP contribution in [0.4, 0.5) is 0 Å². The van der Waals surface area contributed by atoms with Crippen LogP contribution in [0.25, 0.3) is 0 Å². The Morgan fingerprint density at radius 1 is 1.44 bits per heavy atom. The van der Waals surface area contributed by atoms with Gasteiger partial charge in [0.25, 0.3) is 0 Å². The molecule has 0 spiro atoms. The summed E-state index contributed by atoms with van der Waals surface area (Å²) in [5.41, 5.74) is 1.14. The predicted molar refractivity (Wildman–Crippen MR) is 78.3 cm³/mol. The summed E-state index contributed by atoms with van der Waals surface area (Å²) in [5, 5.41) is 6.36. The van der Waals surface area contributed by atoms with Crippen molar-refractivity contribution in [1.82, 2.24) is 10.3 Å². The van der Waals surface area contributed by atoms with Gasteiger partial charge < -0.3 is 5.32 Å². The third-order valence-electron chi connectivity index (χ3n) is 2.89. The van der Waals surface area contributed by atoms with Crippen LogP contribution >= 0.6 is 22.9 Å². The molecule has 0 aliphatic heterocycles. The molecule has 0 fully saturated rings. The lowest BCUT2D eigenvalue weighted by molar-refractivity contribution is 0.517. The second kappa shape index (κ2) is 6.88. The van der Waals surface area contributed by atoms with Gasteiger partial charge in [-0.05, 0) is 42.5 Å². The van der Waals surface area contributed by atoms with Gasteiger partial charge in [-0.15, -0.1) is 11.3 Å². The minimum absolute atomic E-state index is 0.299. The van der Waals surface area contributed by atoms with E-state index in [1.807, 2.05) is 17.4 Å². The molecule has 0 radical (unpaired) electrons. The topological polar surface area (TPSA) is 24.9 Å². The number of aromatic nitrogens is 1. The summed E-state index contributed by atoms with van der Waals surface area (Å²) >= 11 is 8.02. The Hall–Kier alpha value is -0.900. The molecule has 0 amide bonds. The number of pyridine rings is 1. The fourth-order valence-electron chi connectivity index (χ4n) is 2.02. The Kier molecular flexibility index (Phi) is 5.17. The minimum Gasteiger partial charge on any atom is -0.310 e. The van der Waals surface area contributed by atoms with Gasteiger partial charge in [0.15, 0.2) is 0 Å². The van der Waals surface area contributed by atoms with Crippen molar-refractivity contribution in [2.24, 2.45) is 0 Å². The average Bonchev–Trinajstić information content (AvgIpc) is 2.88. The number of aryl methyl sites for hydroxylation is 1. The van der Waals surface area contributed by atoms with Crippen molar-refractivity contribution in [3.63, 3.8) is 0 Å². The van der Waals surface area contributed by atoms with E-state index in [1.165, 1.54) is 4.88 Å². The maximum Gasteiger partial charge on any atom is 0.0637 e. The molecule has 1 N–H and O–H groups in total. The van der Waals surface area contributed by atoms with E-state index < -0.39 is 0 Å². The van der Waals surface area contributed by atoms with E-state index in [4.69, 9.17) is 11.6 Å². The monoisotopic (exact) mass is 280 g/mol. The Balaban J connectivity index is 2.06. The zero-order chi connectivity index (χ0) is 12.8. The van der Waals surface area contributed by atoms with E-state index >= 15 is 0 Å². The lowest BCUT2D eigenvalue weighted by Crippen LogP contribution is -2.21. The molecule has 0 aliphatic carbocycles. The first kappa shape index (κ1) is 13.5. The molecule has 18 heavy (non-hydrogen) atoms. The maximum atomic E-state index is 6.22. The Morgan fingerprint density at radius 2 is 2.33 bits per heavy atom. The van der Waals surface area contributed by atoms with Gasteiger partial charge in [0.2, 0.25) is 0 Å². The number of hydrogen-bond donors (Lipinski definition) is 1. The third kappa shape index (κ3) is 3.55. The number of halogens is 1. The molecule has 0 saturated heterocycles. The van der Waals surface area contributed by atoms with Crippen molar-refractivity contribution < 1.29 is 0 Å². The van der Waals surface area contributed by atoms with Crippen LogP contribution < -0.4 is 5.32 Å². The highest BCUT2D eigenvalue weighted by atomic mass is 35.5. The first-order valence-corrected chi connectivity index (χ1v) is 7.42. The van der Waals surface area contributed by atoms with E-state index in [9.17, 15) is 0 Å². The van der Waals surface area contributed by atoms with Gasteiger partial charge in [0, 0.05) is 23.3 Å². The molecule has 2 nitrogen and oxygen atoms in total. The zero-order valence-corrected chi connectivity index (χ0v) is 12.0. The van der Waals surface area contributed by atoms with Crippen LogP contribution in [0.3, 0.4) is 0 Å². The SMILES string of the molecule is CCNC(CCc1cccs1)c1ccncc1Cl. The molecule has 0 bridgehead atoms. The molecular formula is C14H17ClN2S. The van der Waals surface area contributed by atoms with Crippen molar-refractivity contribution in [2.45, 2.75) is 25.8 Å². The Bertz CT molecular complexity index is 470. The van der Waals surface area contributed by atoms with Gasteiger partial charge in [-0.1, -0.05) is 24.6 Å². The molecule has 4 heteroatoms. The van der Waals surface area contributed by atoms with Crippen LogP contribution in [0.1, 0.15) is 29.8 Å². The molecule has 2 rings (SSSR count). The van der Waals surface area contributed by atoms with Crippen LogP contribution in [-0.2, 0) is 6.42 Å². The normalized spacial score (nSPS) is 12.6. The number of thiophene rings is 1. The predicted octanol–water partition coefficient (Wildman–Crippen LogP) is 4.08. The zero-order valence-electron chi connectivity index (χ0n) is 10.4. The third-order valence-corrected chi connectivity index (χ3v) is 4.14. The average molecular weight is 281 g/mol. The summed E-state index contributed by atoms with van der Waals surface area (Å²) in [6.45, 7) is 3.06. The van der Waals surface area contributed by atoms with Crippen LogP contribution in [0.5, 0.6) is 0 Å². The van der Waals surface area contributed by atoms with Gasteiger partial charge in [0.05, 0.1) is 5.02 Å². The van der Waals surface area contributed by atoms with Crippen molar-refractivity contribution in [3.05, 3.63) is 51.4 Å². The highest BCUT2D eigenvalue weighted by molar-refractivity contribution is 7.09. The van der Waals surface area contributed by atoms with E-state index in [-0.39, 0.29) is 0 Å². The molecular weight excluding hydrogens is 264 g/mol. The van der Waals surface area contributed by atoms with E-state index in [0.717, 1.165) is 30.0 Å². The molecule has 96 valence electrons. The van der Waals surface area contributed by atoms with Gasteiger partial charge >= 0.3 is 0 Å². The van der Waals surface area contributed by atoms with E-state index in [0.29, 0.717) is 6.04 Å². The number of hydrogen-bond acceptors (Lipinski definition) is 3. The lowest BCUT2D eigenvalue weighted by atomic mass is 10.0. The standard InChI is InChI=1S/C14H17ClN2S/c1-2-17-14(6-5-11-4-3-9-18-11)12-7-8-16-10-13(12)15/h3-4,7-10,14,17H,2,5-6H2,1H3. The number of nitrogens with one attached hydrogen (secondary N) is 1. The maximum absolute atomic E-state index is 6.22. The van der Waals surface area contributed by atoms with Crippen LogP contribution in [-0.4, -0.2) is 11.5 Å². The second-order valence-electron chi connectivity index (χ2n) is 4.13. The van der Waals surface area contributed by atoms with Gasteiger partial charge in [-0.3, -0.25) is 4.98 Å². The first-order chi connectivity index (χ1) is 8.81. The molecule has 0 aliphatic rings. The first-order valence-electron chi connectivity index (χ1n) is 6.16. The summed E-state index contributed by atoms with van der Waals surface area (Å²) < 4.78 is 0. The van der Waals surface area contributed by atoms with E-state index in [1.54, 1.807) is 12.4 Å². The lowest BCUT2D eigenvalue weighted by Gasteiger charge is -2.19. The highest BCUT2D eigenvalue weighted by Gasteiger charge is 2.13. The van der Waals surface area contributed by atoms with Gasteiger partial charge in [-0.25, -0.2) is 0 Å².